The van der Waals surface area contributed by atoms with Crippen molar-refractivity contribution in [2.75, 3.05) is 31.1 Å². The van der Waals surface area contributed by atoms with Gasteiger partial charge in [-0.1, -0.05) is 18.3 Å². The molecule has 0 bridgehead atoms. The maximum Gasteiger partial charge on any atom is 0.251 e. The zero-order chi connectivity index (χ0) is 18.8. The minimum Gasteiger partial charge on any atom is -0.345 e. The molecule has 7 nitrogen and oxygen atoms in total. The molecule has 0 atom stereocenters. The van der Waals surface area contributed by atoms with Crippen LogP contribution in [0, 0.1) is 11.3 Å². The number of rotatable bonds is 4. The maximum absolute atomic E-state index is 12.0. The van der Waals surface area contributed by atoms with Gasteiger partial charge in [-0.15, -0.1) is 0 Å². The molecule has 1 aliphatic heterocycles. The number of piperazine rings is 1. The SMILES string of the molecule is CCc1cc2ncc(CN3CCN(c4ncc(C#N)s4)CC3)cc2[nH]c1=O. The number of nitrogens with one attached hydrogen (secondary N) is 1. The highest BCUT2D eigenvalue weighted by Gasteiger charge is 2.19. The molecule has 0 saturated carbocycles. The monoisotopic (exact) mass is 380 g/mol. The number of aromatic nitrogens is 3. The van der Waals surface area contributed by atoms with Crippen molar-refractivity contribution in [3.63, 3.8) is 0 Å². The number of H-pyrrole nitrogens is 1. The molecule has 8 heteroatoms. The first kappa shape index (κ1) is 17.6. The Bertz CT molecular complexity index is 1060. The highest BCUT2D eigenvalue weighted by molar-refractivity contribution is 7.16. The highest BCUT2D eigenvalue weighted by atomic mass is 32.1. The lowest BCUT2D eigenvalue weighted by molar-refractivity contribution is 0.249. The highest BCUT2D eigenvalue weighted by Crippen LogP contribution is 2.23. The van der Waals surface area contributed by atoms with E-state index in [0.717, 1.165) is 60.0 Å². The van der Waals surface area contributed by atoms with Crippen LogP contribution in [0.3, 0.4) is 0 Å². The van der Waals surface area contributed by atoms with Gasteiger partial charge in [-0.05, 0) is 24.1 Å². The molecule has 0 aromatic carbocycles. The van der Waals surface area contributed by atoms with Gasteiger partial charge in [0.1, 0.15) is 10.9 Å². The van der Waals surface area contributed by atoms with Gasteiger partial charge in [0.2, 0.25) is 0 Å². The van der Waals surface area contributed by atoms with Gasteiger partial charge in [-0.25, -0.2) is 4.98 Å². The van der Waals surface area contributed by atoms with Gasteiger partial charge in [0.05, 0.1) is 17.2 Å². The Morgan fingerprint density at radius 3 is 2.74 bits per heavy atom. The molecule has 0 unspecified atom stereocenters. The van der Waals surface area contributed by atoms with Crippen LogP contribution in [0.1, 0.15) is 22.9 Å². The third-order valence-corrected chi connectivity index (χ3v) is 5.82. The number of thiazole rings is 1. The normalized spacial score (nSPS) is 15.2. The van der Waals surface area contributed by atoms with Crippen molar-refractivity contribution in [1.82, 2.24) is 19.9 Å². The summed E-state index contributed by atoms with van der Waals surface area (Å²) in [5.41, 5.74) is 3.45. The Morgan fingerprint density at radius 2 is 2.04 bits per heavy atom. The second kappa shape index (κ2) is 7.47. The number of nitriles is 1. The Kier molecular flexibility index (Phi) is 4.88. The molecule has 1 fully saturated rings. The van der Waals surface area contributed by atoms with E-state index in [4.69, 9.17) is 5.26 Å². The summed E-state index contributed by atoms with van der Waals surface area (Å²) in [6.07, 6.45) is 4.23. The van der Waals surface area contributed by atoms with Crippen molar-refractivity contribution >= 4 is 27.5 Å². The molecule has 0 radical (unpaired) electrons. The summed E-state index contributed by atoms with van der Waals surface area (Å²) in [6.45, 7) is 6.38. The number of aryl methyl sites for hydroxylation is 1. The maximum atomic E-state index is 12.0. The van der Waals surface area contributed by atoms with Crippen LogP contribution in [0.5, 0.6) is 0 Å². The first-order valence-electron chi connectivity index (χ1n) is 9.00. The predicted octanol–water partition coefficient (Wildman–Crippen LogP) is 2.14. The molecule has 3 aromatic rings. The smallest absolute Gasteiger partial charge is 0.251 e. The molecule has 1 saturated heterocycles. The summed E-state index contributed by atoms with van der Waals surface area (Å²) >= 11 is 1.44. The van der Waals surface area contributed by atoms with Gasteiger partial charge in [0.15, 0.2) is 5.13 Å². The van der Waals surface area contributed by atoms with Gasteiger partial charge in [0, 0.05) is 44.5 Å². The van der Waals surface area contributed by atoms with Crippen molar-refractivity contribution in [3.8, 4) is 6.07 Å². The standard InChI is InChI=1S/C19H20N6OS/c1-2-14-8-16-17(23-18(14)26)7-13(10-21-16)12-24-3-5-25(6-4-24)19-22-11-15(9-20)27-19/h7-8,10-11H,2-6,12H2,1H3,(H,23,26). The zero-order valence-corrected chi connectivity index (χ0v) is 15.9. The molecular formula is C19H20N6OS. The van der Waals surface area contributed by atoms with E-state index in [1.807, 2.05) is 25.3 Å². The molecule has 0 aliphatic carbocycles. The summed E-state index contributed by atoms with van der Waals surface area (Å²) in [6, 6.07) is 6.04. The fourth-order valence-electron chi connectivity index (χ4n) is 3.33. The molecule has 4 heterocycles. The number of hydrogen-bond donors (Lipinski definition) is 1. The summed E-state index contributed by atoms with van der Waals surface area (Å²) in [5.74, 6) is 0. The average molecular weight is 380 g/mol. The Hall–Kier alpha value is -2.76. The zero-order valence-electron chi connectivity index (χ0n) is 15.1. The van der Waals surface area contributed by atoms with Crippen LogP contribution in [0.2, 0.25) is 0 Å². The van der Waals surface area contributed by atoms with Crippen LogP contribution in [0.4, 0.5) is 5.13 Å². The van der Waals surface area contributed by atoms with Gasteiger partial charge in [0.25, 0.3) is 5.56 Å². The van der Waals surface area contributed by atoms with Gasteiger partial charge in [-0.3, -0.25) is 14.7 Å². The van der Waals surface area contributed by atoms with Gasteiger partial charge >= 0.3 is 0 Å². The Balaban J connectivity index is 1.42. The van der Waals surface area contributed by atoms with E-state index in [2.05, 4.69) is 30.8 Å². The van der Waals surface area contributed by atoms with E-state index in [0.29, 0.717) is 11.3 Å². The fourth-order valence-corrected chi connectivity index (χ4v) is 4.10. The number of pyridine rings is 2. The lowest BCUT2D eigenvalue weighted by Crippen LogP contribution is -2.45. The molecule has 1 N–H and O–H groups in total. The van der Waals surface area contributed by atoms with Gasteiger partial charge in [-0.2, -0.15) is 5.26 Å². The predicted molar refractivity (Wildman–Crippen MR) is 106 cm³/mol. The van der Waals surface area contributed by atoms with Crippen molar-refractivity contribution in [2.24, 2.45) is 0 Å². The Labute approximate surface area is 160 Å². The minimum atomic E-state index is -0.0299. The van der Waals surface area contributed by atoms with Crippen molar-refractivity contribution < 1.29 is 0 Å². The number of aromatic amines is 1. The first-order chi connectivity index (χ1) is 13.2. The number of fused-ring (bicyclic) bond motifs is 1. The van der Waals surface area contributed by atoms with Crippen LogP contribution in [0.25, 0.3) is 11.0 Å². The minimum absolute atomic E-state index is 0.0299. The lowest BCUT2D eigenvalue weighted by Gasteiger charge is -2.34. The third kappa shape index (κ3) is 3.70. The molecular weight excluding hydrogens is 360 g/mol. The lowest BCUT2D eigenvalue weighted by atomic mass is 10.1. The van der Waals surface area contributed by atoms with Gasteiger partial charge < -0.3 is 9.88 Å². The number of nitrogens with zero attached hydrogens (tertiary/aromatic N) is 5. The van der Waals surface area contributed by atoms with Crippen LogP contribution >= 0.6 is 11.3 Å². The summed E-state index contributed by atoms with van der Waals surface area (Å²) in [4.78, 5) is 29.1. The van der Waals surface area contributed by atoms with Crippen molar-refractivity contribution in [2.45, 2.75) is 19.9 Å². The topological polar surface area (TPSA) is 88.9 Å². The van der Waals surface area contributed by atoms with E-state index < -0.39 is 0 Å². The van der Waals surface area contributed by atoms with Crippen molar-refractivity contribution in [1.29, 1.82) is 5.26 Å². The Morgan fingerprint density at radius 1 is 1.22 bits per heavy atom. The third-order valence-electron chi connectivity index (χ3n) is 4.86. The van der Waals surface area contributed by atoms with E-state index in [-0.39, 0.29) is 5.56 Å². The van der Waals surface area contributed by atoms with Crippen molar-refractivity contribution in [3.05, 3.63) is 50.9 Å². The van der Waals surface area contributed by atoms with E-state index in [1.165, 1.54) is 11.3 Å². The number of anilines is 1. The molecule has 3 aromatic heterocycles. The summed E-state index contributed by atoms with van der Waals surface area (Å²) < 4.78 is 0. The van der Waals surface area contributed by atoms with Crippen LogP contribution in [-0.2, 0) is 13.0 Å². The number of hydrogen-bond acceptors (Lipinski definition) is 7. The van der Waals surface area contributed by atoms with Crippen LogP contribution in [-0.4, -0.2) is 46.0 Å². The quantitative estimate of drug-likeness (QED) is 0.746. The van der Waals surface area contributed by atoms with Crippen LogP contribution in [0.15, 0.2) is 29.3 Å². The molecule has 27 heavy (non-hydrogen) atoms. The molecule has 1 aliphatic rings. The van der Waals surface area contributed by atoms with E-state index in [9.17, 15) is 4.79 Å². The molecule has 138 valence electrons. The second-order valence-electron chi connectivity index (χ2n) is 6.64. The average Bonchev–Trinajstić information content (AvgIpc) is 3.17. The largest absolute Gasteiger partial charge is 0.345 e. The summed E-state index contributed by atoms with van der Waals surface area (Å²) in [5, 5.41) is 9.86. The van der Waals surface area contributed by atoms with E-state index >= 15 is 0 Å². The van der Waals surface area contributed by atoms with Crippen LogP contribution < -0.4 is 10.5 Å². The fraction of sp³-hybridized carbons (Fsp3) is 0.368. The summed E-state index contributed by atoms with van der Waals surface area (Å²) in [7, 11) is 0. The molecule has 0 spiro atoms. The van der Waals surface area contributed by atoms with E-state index in [1.54, 1.807) is 6.20 Å². The second-order valence-corrected chi connectivity index (χ2v) is 7.64. The molecule has 4 rings (SSSR count). The molecule has 0 amide bonds. The first-order valence-corrected chi connectivity index (χ1v) is 9.82.